The van der Waals surface area contributed by atoms with Gasteiger partial charge in [0.15, 0.2) is 5.60 Å². The van der Waals surface area contributed by atoms with Crippen LogP contribution in [0.4, 0.5) is 13.2 Å². The topological polar surface area (TPSA) is 51.7 Å². The summed E-state index contributed by atoms with van der Waals surface area (Å²) in [5.74, 6) is -1.50. The molecule has 2 aromatic rings. The number of rotatable bonds is 9. The molecule has 0 spiro atoms. The summed E-state index contributed by atoms with van der Waals surface area (Å²) in [5.41, 5.74) is 1.19. The van der Waals surface area contributed by atoms with Gasteiger partial charge >= 0.3 is 12.1 Å². The molecule has 3 rings (SSSR count). The first-order chi connectivity index (χ1) is 17.9. The fraction of sp³-hybridized carbons (Fsp3) is 0.500. The van der Waals surface area contributed by atoms with Crippen LogP contribution in [0.5, 0.6) is 5.75 Å². The number of esters is 1. The Morgan fingerprint density at radius 2 is 1.95 bits per heavy atom. The van der Waals surface area contributed by atoms with Crippen LogP contribution in [0.3, 0.4) is 0 Å². The van der Waals surface area contributed by atoms with Crippen LogP contribution in [-0.4, -0.2) is 41.3 Å². The smallest absolute Gasteiger partial charge is 0.395 e. The molecular formula is C28H36ClF3N2O3S. The molecule has 1 aliphatic rings. The highest BCUT2D eigenvalue weighted by Crippen LogP contribution is 2.35. The summed E-state index contributed by atoms with van der Waals surface area (Å²) in [6.45, 7) is 10.4. The quantitative estimate of drug-likeness (QED) is 0.284. The molecule has 1 aromatic carbocycles. The lowest BCUT2D eigenvalue weighted by Crippen LogP contribution is -2.39. The second-order valence-electron chi connectivity index (χ2n) is 9.14. The first-order valence-corrected chi connectivity index (χ1v) is 13.9. The summed E-state index contributed by atoms with van der Waals surface area (Å²) < 4.78 is 49.9. The van der Waals surface area contributed by atoms with Crippen LogP contribution in [-0.2, 0) is 22.6 Å². The van der Waals surface area contributed by atoms with E-state index < -0.39 is 23.7 Å². The molecule has 0 saturated carbocycles. The van der Waals surface area contributed by atoms with Crippen molar-refractivity contribution in [2.75, 3.05) is 13.7 Å². The highest BCUT2D eigenvalue weighted by Gasteiger charge is 2.37. The van der Waals surface area contributed by atoms with E-state index in [0.717, 1.165) is 16.1 Å². The Morgan fingerprint density at radius 3 is 2.58 bits per heavy atom. The monoisotopic (exact) mass is 572 g/mol. The van der Waals surface area contributed by atoms with Gasteiger partial charge in [0.1, 0.15) is 10.8 Å². The van der Waals surface area contributed by atoms with Gasteiger partial charge in [-0.25, -0.2) is 9.78 Å². The fourth-order valence-corrected chi connectivity index (χ4v) is 4.85. The predicted octanol–water partition coefficient (Wildman–Crippen LogP) is 8.09. The van der Waals surface area contributed by atoms with Crippen molar-refractivity contribution in [2.45, 2.75) is 72.3 Å². The lowest BCUT2D eigenvalue weighted by Gasteiger charge is -2.25. The molecule has 0 N–H and O–H groups in total. The van der Waals surface area contributed by atoms with Crippen LogP contribution in [0.2, 0.25) is 5.02 Å². The normalized spacial score (nSPS) is 15.9. The minimum absolute atomic E-state index is 0.0515. The molecule has 5 nitrogen and oxygen atoms in total. The van der Waals surface area contributed by atoms with Crippen molar-refractivity contribution in [3.63, 3.8) is 0 Å². The molecule has 0 aliphatic heterocycles. The summed E-state index contributed by atoms with van der Waals surface area (Å²) in [6, 6.07) is 5.40. The molecule has 1 heterocycles. The molecule has 210 valence electrons. The molecule has 10 heteroatoms. The molecule has 0 bridgehead atoms. The molecule has 0 radical (unpaired) electrons. The van der Waals surface area contributed by atoms with Gasteiger partial charge in [-0.3, -0.25) is 4.90 Å². The molecular weight excluding hydrogens is 537 g/mol. The number of hydrogen-bond donors (Lipinski definition) is 0. The number of thiazole rings is 1. The largest absolute Gasteiger partial charge is 0.475 e. The minimum Gasteiger partial charge on any atom is -0.475 e. The van der Waals surface area contributed by atoms with Crippen LogP contribution >= 0.6 is 22.9 Å². The van der Waals surface area contributed by atoms with Gasteiger partial charge in [-0.1, -0.05) is 49.7 Å². The third kappa shape index (κ3) is 9.13. The third-order valence-corrected chi connectivity index (χ3v) is 6.73. The Labute approximate surface area is 232 Å². The summed E-state index contributed by atoms with van der Waals surface area (Å²) in [4.78, 5) is 18.8. The first kappa shape index (κ1) is 31.9. The van der Waals surface area contributed by atoms with E-state index in [1.807, 2.05) is 38.4 Å². The lowest BCUT2D eigenvalue weighted by atomic mass is 10.0. The van der Waals surface area contributed by atoms with Gasteiger partial charge in [-0.2, -0.15) is 13.2 Å². The van der Waals surface area contributed by atoms with Gasteiger partial charge in [0.05, 0.1) is 29.8 Å². The van der Waals surface area contributed by atoms with E-state index in [1.54, 1.807) is 32.9 Å². The van der Waals surface area contributed by atoms with E-state index >= 15 is 0 Å². The molecule has 0 saturated heterocycles. The molecule has 1 atom stereocenters. The van der Waals surface area contributed by atoms with E-state index in [9.17, 15) is 18.0 Å². The second kappa shape index (κ2) is 14.1. The highest BCUT2D eigenvalue weighted by molar-refractivity contribution is 7.09. The van der Waals surface area contributed by atoms with Crippen LogP contribution in [0.15, 0.2) is 41.8 Å². The van der Waals surface area contributed by atoms with E-state index in [4.69, 9.17) is 21.1 Å². The Hall–Kier alpha value is -2.36. The Balaban J connectivity index is 0.00000247. The van der Waals surface area contributed by atoms with Crippen molar-refractivity contribution >= 4 is 34.5 Å². The van der Waals surface area contributed by atoms with E-state index in [2.05, 4.69) is 9.88 Å². The average molecular weight is 573 g/mol. The number of hydrogen-bond acceptors (Lipinski definition) is 6. The SMILES string of the molecule is CC.CCOC(=O)C(C)(C)Oc1ccc(CN(C)Cc2nc(C3=CCCC(C(F)(F)F)C=C3)cs2)cc1Cl. The van der Waals surface area contributed by atoms with Crippen LogP contribution in [0.25, 0.3) is 5.57 Å². The van der Waals surface area contributed by atoms with E-state index in [0.29, 0.717) is 36.0 Å². The number of benzene rings is 1. The maximum atomic E-state index is 13.0. The zero-order valence-corrected chi connectivity index (χ0v) is 24.3. The number of nitrogens with zero attached hydrogens (tertiary/aromatic N) is 2. The zero-order chi connectivity index (χ0) is 28.5. The van der Waals surface area contributed by atoms with Crippen molar-refractivity contribution in [3.8, 4) is 5.75 Å². The number of allylic oxidation sites excluding steroid dienone is 4. The van der Waals surface area contributed by atoms with Gasteiger partial charge in [0.25, 0.3) is 0 Å². The molecule has 1 unspecified atom stereocenters. The molecule has 1 aliphatic carbocycles. The molecule has 1 aromatic heterocycles. The van der Waals surface area contributed by atoms with Crippen LogP contribution in [0, 0.1) is 5.92 Å². The number of halogens is 4. The molecule has 0 amide bonds. The summed E-state index contributed by atoms with van der Waals surface area (Å²) >= 11 is 7.89. The molecule has 0 fully saturated rings. The summed E-state index contributed by atoms with van der Waals surface area (Å²) in [6.07, 6.45) is 0.768. The minimum atomic E-state index is -4.22. The summed E-state index contributed by atoms with van der Waals surface area (Å²) in [5, 5.41) is 3.13. The van der Waals surface area contributed by atoms with Gasteiger partial charge < -0.3 is 9.47 Å². The highest BCUT2D eigenvalue weighted by atomic mass is 35.5. The van der Waals surface area contributed by atoms with Gasteiger partial charge in [-0.05, 0) is 63.9 Å². The second-order valence-corrected chi connectivity index (χ2v) is 10.5. The van der Waals surface area contributed by atoms with E-state index in [-0.39, 0.29) is 13.0 Å². The number of aromatic nitrogens is 1. The van der Waals surface area contributed by atoms with E-state index in [1.165, 1.54) is 23.5 Å². The zero-order valence-electron chi connectivity index (χ0n) is 22.7. The first-order valence-electron chi connectivity index (χ1n) is 12.6. The van der Waals surface area contributed by atoms with Crippen molar-refractivity contribution in [2.24, 2.45) is 5.92 Å². The standard InChI is InChI=1S/C26H30ClF3N2O3S.C2H6/c1-5-34-24(33)25(2,3)35-22-12-9-17(13-20(22)27)14-32(4)15-23-31-21(16-36-23)18-7-6-8-19(11-10-18)26(28,29)30;1-2/h7,9-13,16,19H,5-6,8,14-15H2,1-4H3;1-2H3. The molecule has 38 heavy (non-hydrogen) atoms. The Bertz CT molecular complexity index is 1130. The Morgan fingerprint density at radius 1 is 1.24 bits per heavy atom. The van der Waals surface area contributed by atoms with Gasteiger partial charge in [0, 0.05) is 11.9 Å². The fourth-order valence-electron chi connectivity index (χ4n) is 3.73. The van der Waals surface area contributed by atoms with Crippen molar-refractivity contribution in [3.05, 3.63) is 63.1 Å². The maximum absolute atomic E-state index is 13.0. The summed E-state index contributed by atoms with van der Waals surface area (Å²) in [7, 11) is 1.95. The average Bonchev–Trinajstić information content (AvgIpc) is 3.14. The Kier molecular flexibility index (Phi) is 11.9. The maximum Gasteiger partial charge on any atom is 0.395 e. The number of carbonyl (C=O) groups excluding carboxylic acids is 1. The van der Waals surface area contributed by atoms with Crippen molar-refractivity contribution in [1.29, 1.82) is 0 Å². The lowest BCUT2D eigenvalue weighted by molar-refractivity contribution is -0.162. The number of ether oxygens (including phenoxy) is 2. The van der Waals surface area contributed by atoms with Crippen LogP contribution in [0.1, 0.15) is 63.7 Å². The van der Waals surface area contributed by atoms with Crippen molar-refractivity contribution < 1.29 is 27.4 Å². The number of carbonyl (C=O) groups is 1. The van der Waals surface area contributed by atoms with Gasteiger partial charge in [0.2, 0.25) is 0 Å². The predicted molar refractivity (Wildman–Crippen MR) is 147 cm³/mol. The third-order valence-electron chi connectivity index (χ3n) is 5.60. The van der Waals surface area contributed by atoms with Crippen molar-refractivity contribution in [1.82, 2.24) is 9.88 Å². The number of alkyl halides is 3. The van der Waals surface area contributed by atoms with Gasteiger partial charge in [-0.15, -0.1) is 11.3 Å². The van der Waals surface area contributed by atoms with Crippen LogP contribution < -0.4 is 4.74 Å².